The lowest BCUT2D eigenvalue weighted by atomic mass is 10.2. The zero-order valence-corrected chi connectivity index (χ0v) is 13.3. The molecule has 2 rings (SSSR count). The molecule has 1 atom stereocenters. The summed E-state index contributed by atoms with van der Waals surface area (Å²) in [5.74, 6) is 0.294. The van der Waals surface area contributed by atoms with Crippen molar-refractivity contribution >= 4 is 33.4 Å². The van der Waals surface area contributed by atoms with Gasteiger partial charge in [0, 0.05) is 24.6 Å². The van der Waals surface area contributed by atoms with E-state index in [1.165, 1.54) is 6.07 Å². The smallest absolute Gasteiger partial charge is 0.327 e. The zero-order valence-electron chi connectivity index (χ0n) is 11.7. The van der Waals surface area contributed by atoms with Crippen molar-refractivity contribution < 1.29 is 18.3 Å². The molecular weight excluding hydrogens is 312 g/mol. The van der Waals surface area contributed by atoms with Crippen molar-refractivity contribution in [3.05, 3.63) is 24.3 Å². The second-order valence-corrected chi connectivity index (χ2v) is 7.48. The highest BCUT2D eigenvalue weighted by Crippen LogP contribution is 2.30. The third-order valence-corrected chi connectivity index (χ3v) is 5.83. The van der Waals surface area contributed by atoms with Crippen LogP contribution in [0.25, 0.3) is 0 Å². The third kappa shape index (κ3) is 3.50. The van der Waals surface area contributed by atoms with Crippen LogP contribution in [-0.2, 0) is 14.8 Å². The fraction of sp³-hybridized carbons (Fsp3) is 0.462. The molecule has 21 heavy (non-hydrogen) atoms. The third-order valence-electron chi connectivity index (χ3n) is 3.21. The molecule has 0 radical (unpaired) electrons. The minimum absolute atomic E-state index is 0.130. The Kier molecular flexibility index (Phi) is 5.13. The van der Waals surface area contributed by atoms with Gasteiger partial charge >= 0.3 is 5.97 Å². The number of hydrogen-bond acceptors (Lipinski definition) is 5. The first-order valence-electron chi connectivity index (χ1n) is 6.63. The molecule has 0 aromatic heterocycles. The molecular formula is C13H18N2O4S2. The normalized spacial score (nSPS) is 19.5. The zero-order chi connectivity index (χ0) is 15.5. The molecule has 1 aromatic carbocycles. The number of hydrogen-bond donors (Lipinski definition) is 2. The molecule has 1 aliphatic rings. The molecule has 0 saturated carbocycles. The van der Waals surface area contributed by atoms with E-state index in [4.69, 9.17) is 0 Å². The molecule has 2 N–H and O–H groups in total. The summed E-state index contributed by atoms with van der Waals surface area (Å²) in [6.07, 6.45) is 0. The molecule has 1 aliphatic heterocycles. The van der Waals surface area contributed by atoms with Crippen molar-refractivity contribution in [1.82, 2.24) is 4.72 Å². The number of para-hydroxylation sites is 1. The Morgan fingerprint density at radius 2 is 2.19 bits per heavy atom. The van der Waals surface area contributed by atoms with E-state index in [2.05, 4.69) is 4.72 Å². The molecule has 0 spiro atoms. The molecule has 0 aliphatic carbocycles. The van der Waals surface area contributed by atoms with E-state index in [0.29, 0.717) is 18.0 Å². The Morgan fingerprint density at radius 3 is 2.86 bits per heavy atom. The SMILES string of the molecule is CCNS(=O)(=O)c1ccccc1N1CCSCC1C(=O)O. The number of carboxylic acids is 1. The maximum atomic E-state index is 12.3. The molecule has 6 nitrogen and oxygen atoms in total. The van der Waals surface area contributed by atoms with Crippen LogP contribution in [0.4, 0.5) is 5.69 Å². The van der Waals surface area contributed by atoms with Crippen molar-refractivity contribution in [3.63, 3.8) is 0 Å². The Hall–Kier alpha value is -1.25. The maximum Gasteiger partial charge on any atom is 0.327 e. The van der Waals surface area contributed by atoms with E-state index in [0.717, 1.165) is 5.75 Å². The van der Waals surface area contributed by atoms with Crippen molar-refractivity contribution in [2.24, 2.45) is 0 Å². The molecule has 1 unspecified atom stereocenters. The van der Waals surface area contributed by atoms with Gasteiger partial charge in [0.25, 0.3) is 0 Å². The monoisotopic (exact) mass is 330 g/mol. The molecule has 0 amide bonds. The van der Waals surface area contributed by atoms with Crippen LogP contribution in [0.15, 0.2) is 29.2 Å². The van der Waals surface area contributed by atoms with Gasteiger partial charge < -0.3 is 10.0 Å². The summed E-state index contributed by atoms with van der Waals surface area (Å²) in [7, 11) is -3.63. The second kappa shape index (κ2) is 6.67. The Labute approximate surface area is 128 Å². The number of benzene rings is 1. The molecule has 116 valence electrons. The van der Waals surface area contributed by atoms with Gasteiger partial charge in [-0.1, -0.05) is 19.1 Å². The van der Waals surface area contributed by atoms with E-state index in [9.17, 15) is 18.3 Å². The number of anilines is 1. The van der Waals surface area contributed by atoms with E-state index in [-0.39, 0.29) is 11.4 Å². The van der Waals surface area contributed by atoms with E-state index >= 15 is 0 Å². The van der Waals surface area contributed by atoms with Crippen molar-refractivity contribution in [2.75, 3.05) is 29.5 Å². The van der Waals surface area contributed by atoms with Gasteiger partial charge in [-0.25, -0.2) is 17.9 Å². The minimum atomic E-state index is -3.63. The van der Waals surface area contributed by atoms with Crippen LogP contribution in [0.2, 0.25) is 0 Å². The molecule has 1 heterocycles. The molecule has 1 aromatic rings. The Balaban J connectivity index is 2.46. The predicted molar refractivity (Wildman–Crippen MR) is 83.4 cm³/mol. The molecule has 1 fully saturated rings. The van der Waals surface area contributed by atoms with Crippen LogP contribution in [0, 0.1) is 0 Å². The van der Waals surface area contributed by atoms with Crippen molar-refractivity contribution in [2.45, 2.75) is 17.9 Å². The number of carbonyl (C=O) groups is 1. The summed E-state index contributed by atoms with van der Waals surface area (Å²) >= 11 is 1.57. The Bertz CT molecular complexity index is 618. The lowest BCUT2D eigenvalue weighted by molar-refractivity contribution is -0.138. The summed E-state index contributed by atoms with van der Waals surface area (Å²) in [4.78, 5) is 13.2. The average Bonchev–Trinajstić information content (AvgIpc) is 2.47. The Morgan fingerprint density at radius 1 is 1.48 bits per heavy atom. The lowest BCUT2D eigenvalue weighted by Gasteiger charge is -2.35. The largest absolute Gasteiger partial charge is 0.480 e. The maximum absolute atomic E-state index is 12.3. The summed E-state index contributed by atoms with van der Waals surface area (Å²) in [6, 6.07) is 5.83. The molecule has 1 saturated heterocycles. The number of aliphatic carboxylic acids is 1. The standard InChI is InChI=1S/C13H18N2O4S2/c1-2-14-21(18,19)12-6-4-3-5-10(12)15-7-8-20-9-11(15)13(16)17/h3-6,11,14H,2,7-9H2,1H3,(H,16,17). The van der Waals surface area contributed by atoms with Crippen LogP contribution in [-0.4, -0.2) is 50.1 Å². The fourth-order valence-corrected chi connectivity index (χ4v) is 4.58. The van der Waals surface area contributed by atoms with Gasteiger partial charge in [-0.05, 0) is 12.1 Å². The van der Waals surface area contributed by atoms with Gasteiger partial charge in [0.2, 0.25) is 10.0 Å². The summed E-state index contributed by atoms with van der Waals surface area (Å²) < 4.78 is 27.0. The number of sulfonamides is 1. The number of thioether (sulfide) groups is 1. The highest BCUT2D eigenvalue weighted by atomic mass is 32.2. The van der Waals surface area contributed by atoms with Crippen LogP contribution >= 0.6 is 11.8 Å². The van der Waals surface area contributed by atoms with Crippen molar-refractivity contribution in [3.8, 4) is 0 Å². The number of nitrogens with one attached hydrogen (secondary N) is 1. The van der Waals surface area contributed by atoms with Gasteiger partial charge in [-0.2, -0.15) is 11.8 Å². The van der Waals surface area contributed by atoms with Crippen LogP contribution in [0.3, 0.4) is 0 Å². The van der Waals surface area contributed by atoms with Gasteiger partial charge in [-0.15, -0.1) is 0 Å². The van der Waals surface area contributed by atoms with E-state index < -0.39 is 22.0 Å². The molecule has 0 bridgehead atoms. The highest BCUT2D eigenvalue weighted by molar-refractivity contribution is 7.99. The predicted octanol–water partition coefficient (Wildman–Crippen LogP) is 0.991. The number of nitrogens with zero attached hydrogens (tertiary/aromatic N) is 1. The first-order valence-corrected chi connectivity index (χ1v) is 9.27. The van der Waals surface area contributed by atoms with E-state index in [1.807, 2.05) is 0 Å². The average molecular weight is 330 g/mol. The van der Waals surface area contributed by atoms with Gasteiger partial charge in [0.1, 0.15) is 10.9 Å². The van der Waals surface area contributed by atoms with Gasteiger partial charge in [0.05, 0.1) is 5.69 Å². The summed E-state index contributed by atoms with van der Waals surface area (Å²) in [5, 5.41) is 9.35. The first kappa shape index (κ1) is 16.1. The fourth-order valence-electron chi connectivity index (χ4n) is 2.29. The van der Waals surface area contributed by atoms with E-state index in [1.54, 1.807) is 41.8 Å². The van der Waals surface area contributed by atoms with Crippen LogP contribution in [0.1, 0.15) is 6.92 Å². The van der Waals surface area contributed by atoms with Crippen LogP contribution in [0.5, 0.6) is 0 Å². The lowest BCUT2D eigenvalue weighted by Crippen LogP contribution is -2.48. The quantitative estimate of drug-likeness (QED) is 0.837. The van der Waals surface area contributed by atoms with Crippen molar-refractivity contribution in [1.29, 1.82) is 0 Å². The second-order valence-electron chi connectivity index (χ2n) is 4.59. The minimum Gasteiger partial charge on any atom is -0.480 e. The molecule has 8 heteroatoms. The van der Waals surface area contributed by atoms with Gasteiger partial charge in [-0.3, -0.25) is 0 Å². The highest BCUT2D eigenvalue weighted by Gasteiger charge is 2.32. The number of rotatable bonds is 5. The summed E-state index contributed by atoms with van der Waals surface area (Å²) in [5.41, 5.74) is 0.450. The van der Waals surface area contributed by atoms with Crippen LogP contribution < -0.4 is 9.62 Å². The summed E-state index contributed by atoms with van der Waals surface area (Å²) in [6.45, 7) is 2.51. The number of carboxylic acid groups (broad SMARTS) is 1. The first-order chi connectivity index (χ1) is 9.97. The topological polar surface area (TPSA) is 86.7 Å². The van der Waals surface area contributed by atoms with Gasteiger partial charge in [0.15, 0.2) is 0 Å².